The molecule has 0 atom stereocenters. The van der Waals surface area contributed by atoms with Gasteiger partial charge in [0, 0.05) is 6.07 Å². The molecule has 2 rings (SSSR count). The molecule has 0 saturated heterocycles. The maximum Gasteiger partial charge on any atom is 0.534 e. The molecule has 10 heteroatoms. The fourth-order valence-electron chi connectivity index (χ4n) is 1.50. The van der Waals surface area contributed by atoms with Gasteiger partial charge in [0.25, 0.3) is 0 Å². The third-order valence-corrected chi connectivity index (χ3v) is 3.38. The summed E-state index contributed by atoms with van der Waals surface area (Å²) in [6.07, 6.45) is 0. The Balaban J connectivity index is 2.45. The van der Waals surface area contributed by atoms with E-state index in [0.717, 1.165) is 36.4 Å². The minimum absolute atomic E-state index is 0.412. The average molecular weight is 339 g/mol. The summed E-state index contributed by atoms with van der Waals surface area (Å²) in [5, 5.41) is 0. The Hall–Kier alpha value is -2.23. The lowest BCUT2D eigenvalue weighted by molar-refractivity contribution is -0.0501. The van der Waals surface area contributed by atoms with E-state index in [1.807, 2.05) is 0 Å². The van der Waals surface area contributed by atoms with Gasteiger partial charge >= 0.3 is 15.6 Å². The van der Waals surface area contributed by atoms with E-state index < -0.39 is 44.4 Å². The van der Waals surface area contributed by atoms with Gasteiger partial charge in [-0.3, -0.25) is 0 Å². The molecular formula is C12H6F5NO3S. The van der Waals surface area contributed by atoms with Crippen LogP contribution in [0.2, 0.25) is 0 Å². The van der Waals surface area contributed by atoms with Gasteiger partial charge in [-0.15, -0.1) is 0 Å². The minimum Gasteiger partial charge on any atom is -0.355 e. The molecule has 0 fully saturated rings. The summed E-state index contributed by atoms with van der Waals surface area (Å²) in [6, 6.07) is 5.87. The van der Waals surface area contributed by atoms with Crippen molar-refractivity contribution in [2.24, 2.45) is 0 Å². The fourth-order valence-corrected chi connectivity index (χ4v) is 1.91. The highest BCUT2D eigenvalue weighted by molar-refractivity contribution is 7.87. The molecule has 0 bridgehead atoms. The number of halogens is 5. The van der Waals surface area contributed by atoms with E-state index in [4.69, 9.17) is 0 Å². The highest BCUT2D eigenvalue weighted by Gasteiger charge is 2.48. The molecule has 0 saturated carbocycles. The SMILES string of the molecule is O=S(=O)(Oc1cccc(-c2c(F)cccc2F)n1)C(F)(F)F. The number of rotatable bonds is 3. The Kier molecular flexibility index (Phi) is 4.05. The summed E-state index contributed by atoms with van der Waals surface area (Å²) in [7, 11) is -5.92. The number of aromatic nitrogens is 1. The Morgan fingerprint density at radius 3 is 2.05 bits per heavy atom. The second kappa shape index (κ2) is 5.52. The summed E-state index contributed by atoms with van der Waals surface area (Å²) in [5.74, 6) is -2.98. The van der Waals surface area contributed by atoms with Crippen molar-refractivity contribution in [3.05, 3.63) is 48.0 Å². The molecule has 0 amide bonds. The van der Waals surface area contributed by atoms with Crippen molar-refractivity contribution in [1.82, 2.24) is 4.98 Å². The third-order valence-electron chi connectivity index (χ3n) is 2.42. The van der Waals surface area contributed by atoms with Crippen molar-refractivity contribution in [3.63, 3.8) is 0 Å². The molecule has 0 N–H and O–H groups in total. The van der Waals surface area contributed by atoms with E-state index in [1.165, 1.54) is 0 Å². The Bertz CT molecular complexity index is 784. The van der Waals surface area contributed by atoms with Crippen LogP contribution in [0.5, 0.6) is 5.88 Å². The van der Waals surface area contributed by atoms with Gasteiger partial charge in [-0.2, -0.15) is 21.6 Å². The lowest BCUT2D eigenvalue weighted by atomic mass is 10.1. The monoisotopic (exact) mass is 339 g/mol. The summed E-state index contributed by atoms with van der Waals surface area (Å²) in [4.78, 5) is 3.38. The zero-order valence-electron chi connectivity index (χ0n) is 10.4. The molecule has 1 aromatic heterocycles. The predicted octanol–water partition coefficient (Wildman–Crippen LogP) is 3.26. The second-order valence-corrected chi connectivity index (χ2v) is 5.48. The molecule has 1 aromatic carbocycles. The van der Waals surface area contributed by atoms with Crippen LogP contribution in [-0.4, -0.2) is 18.9 Å². The van der Waals surface area contributed by atoms with E-state index in [0.29, 0.717) is 0 Å². The van der Waals surface area contributed by atoms with E-state index in [2.05, 4.69) is 9.17 Å². The Morgan fingerprint density at radius 2 is 1.50 bits per heavy atom. The number of alkyl halides is 3. The first kappa shape index (κ1) is 16.1. The van der Waals surface area contributed by atoms with Crippen LogP contribution in [0.3, 0.4) is 0 Å². The van der Waals surface area contributed by atoms with Crippen LogP contribution in [0, 0.1) is 11.6 Å². The van der Waals surface area contributed by atoms with E-state index >= 15 is 0 Å². The smallest absolute Gasteiger partial charge is 0.355 e. The first-order valence-corrected chi connectivity index (χ1v) is 6.95. The van der Waals surface area contributed by atoms with Crippen molar-refractivity contribution >= 4 is 10.1 Å². The number of benzene rings is 1. The summed E-state index contributed by atoms with van der Waals surface area (Å²) >= 11 is 0. The first-order chi connectivity index (χ1) is 10.1. The van der Waals surface area contributed by atoms with Crippen LogP contribution in [0.1, 0.15) is 0 Å². The molecule has 4 nitrogen and oxygen atoms in total. The van der Waals surface area contributed by atoms with Crippen LogP contribution in [0.4, 0.5) is 22.0 Å². The average Bonchev–Trinajstić information content (AvgIpc) is 2.37. The van der Waals surface area contributed by atoms with Crippen LogP contribution >= 0.6 is 0 Å². The third kappa shape index (κ3) is 3.16. The number of hydrogen-bond acceptors (Lipinski definition) is 4. The van der Waals surface area contributed by atoms with Crippen LogP contribution < -0.4 is 4.18 Å². The van der Waals surface area contributed by atoms with E-state index in [9.17, 15) is 30.4 Å². The van der Waals surface area contributed by atoms with Crippen molar-refractivity contribution in [3.8, 4) is 17.1 Å². The van der Waals surface area contributed by atoms with Crippen molar-refractivity contribution in [2.75, 3.05) is 0 Å². The Labute approximate surface area is 121 Å². The quantitative estimate of drug-likeness (QED) is 0.489. The van der Waals surface area contributed by atoms with Crippen molar-refractivity contribution < 1.29 is 34.6 Å². The van der Waals surface area contributed by atoms with Gasteiger partial charge in [-0.05, 0) is 18.2 Å². The van der Waals surface area contributed by atoms with Gasteiger partial charge in [0.1, 0.15) is 11.6 Å². The number of hydrogen-bond donors (Lipinski definition) is 0. The van der Waals surface area contributed by atoms with Gasteiger partial charge in [-0.25, -0.2) is 13.8 Å². The van der Waals surface area contributed by atoms with Gasteiger partial charge in [-0.1, -0.05) is 12.1 Å². The lowest BCUT2D eigenvalue weighted by Gasteiger charge is -2.10. The van der Waals surface area contributed by atoms with Crippen molar-refractivity contribution in [2.45, 2.75) is 5.51 Å². The highest BCUT2D eigenvalue weighted by atomic mass is 32.2. The van der Waals surface area contributed by atoms with Gasteiger partial charge < -0.3 is 4.18 Å². The first-order valence-electron chi connectivity index (χ1n) is 5.54. The molecule has 118 valence electrons. The largest absolute Gasteiger partial charge is 0.534 e. The summed E-state index contributed by atoms with van der Waals surface area (Å²) in [6.45, 7) is 0. The Morgan fingerprint density at radius 1 is 0.955 bits per heavy atom. The van der Waals surface area contributed by atoms with E-state index in [1.54, 1.807) is 0 Å². The molecule has 0 aliphatic rings. The van der Waals surface area contributed by atoms with E-state index in [-0.39, 0.29) is 0 Å². The molecule has 22 heavy (non-hydrogen) atoms. The van der Waals surface area contributed by atoms with Crippen LogP contribution in [0.25, 0.3) is 11.3 Å². The molecule has 0 radical (unpaired) electrons. The molecule has 1 heterocycles. The predicted molar refractivity (Wildman–Crippen MR) is 65.2 cm³/mol. The summed E-state index contributed by atoms with van der Waals surface area (Å²) < 4.78 is 89.3. The fraction of sp³-hybridized carbons (Fsp3) is 0.0833. The van der Waals surface area contributed by atoms with Gasteiger partial charge in [0.2, 0.25) is 5.88 Å². The second-order valence-electron chi connectivity index (χ2n) is 3.94. The van der Waals surface area contributed by atoms with Crippen LogP contribution in [0.15, 0.2) is 36.4 Å². The molecule has 0 aliphatic heterocycles. The lowest BCUT2D eigenvalue weighted by Crippen LogP contribution is -2.28. The van der Waals surface area contributed by atoms with Gasteiger partial charge in [0.15, 0.2) is 0 Å². The van der Waals surface area contributed by atoms with Crippen molar-refractivity contribution in [1.29, 1.82) is 0 Å². The molecule has 0 unspecified atom stereocenters. The molecule has 0 aliphatic carbocycles. The molecular weight excluding hydrogens is 333 g/mol. The minimum atomic E-state index is -5.92. The standard InChI is InChI=1S/C12H6F5NO3S/c13-7-3-1-4-8(14)11(7)9-5-2-6-10(18-9)21-22(19,20)12(15,16)17/h1-6H. The molecule has 2 aromatic rings. The zero-order valence-corrected chi connectivity index (χ0v) is 11.3. The number of nitrogens with zero attached hydrogens (tertiary/aromatic N) is 1. The zero-order chi connectivity index (χ0) is 16.5. The number of pyridine rings is 1. The maximum atomic E-state index is 13.6. The normalized spacial score (nSPS) is 12.2. The maximum absolute atomic E-state index is 13.6. The molecule has 0 spiro atoms. The van der Waals surface area contributed by atoms with Crippen LogP contribution in [-0.2, 0) is 10.1 Å². The topological polar surface area (TPSA) is 56.3 Å². The highest BCUT2D eigenvalue weighted by Crippen LogP contribution is 2.29. The van der Waals surface area contributed by atoms with Gasteiger partial charge in [0.05, 0.1) is 11.3 Å². The summed E-state index contributed by atoms with van der Waals surface area (Å²) in [5.41, 5.74) is -6.67.